The topological polar surface area (TPSA) is 132 Å². The normalized spacial score (nSPS) is 22.7. The molecule has 5 aromatic rings. The monoisotopic (exact) mass is 964 g/mol. The number of benzene rings is 5. The van der Waals surface area contributed by atoms with Gasteiger partial charge in [-0.05, 0) is 88.8 Å². The van der Waals surface area contributed by atoms with Crippen molar-refractivity contribution in [3.05, 3.63) is 168 Å². The van der Waals surface area contributed by atoms with E-state index in [1.165, 1.54) is 0 Å². The summed E-state index contributed by atoms with van der Waals surface area (Å²) in [5, 5.41) is 27.3. The number of ether oxygens (including phenoxy) is 5. The van der Waals surface area contributed by atoms with Crippen molar-refractivity contribution in [2.24, 2.45) is 22.9 Å². The summed E-state index contributed by atoms with van der Waals surface area (Å²) in [5.74, 6) is -0.617. The maximum Gasteiger partial charge on any atom is 0.410 e. The first-order valence-corrected chi connectivity index (χ1v) is 25.6. The van der Waals surface area contributed by atoms with E-state index in [-0.39, 0.29) is 70.4 Å². The molecule has 1 amide bonds. The molecule has 6 unspecified atom stereocenters. The predicted octanol–water partition coefficient (Wildman–Crippen LogP) is 10.2. The zero-order chi connectivity index (χ0) is 48.8. The maximum absolute atomic E-state index is 15.3. The van der Waals surface area contributed by atoms with Crippen LogP contribution < -0.4 is 9.47 Å². The summed E-state index contributed by atoms with van der Waals surface area (Å²) >= 11 is 0. The van der Waals surface area contributed by atoms with Crippen LogP contribution in [0.5, 0.6) is 11.5 Å². The molecule has 2 heterocycles. The fourth-order valence-electron chi connectivity index (χ4n) is 11.0. The molecule has 12 heteroatoms. The van der Waals surface area contributed by atoms with Crippen LogP contribution in [0.15, 0.2) is 151 Å². The molecule has 4 aliphatic rings. The molecule has 0 bridgehead atoms. The Morgan fingerprint density at radius 3 is 2.32 bits per heavy atom. The van der Waals surface area contributed by atoms with Crippen molar-refractivity contribution in [2.45, 2.75) is 82.5 Å². The van der Waals surface area contributed by atoms with Crippen molar-refractivity contribution < 1.29 is 43.5 Å². The van der Waals surface area contributed by atoms with E-state index in [1.54, 1.807) is 11.0 Å². The lowest BCUT2D eigenvalue weighted by Gasteiger charge is -2.60. The van der Waals surface area contributed by atoms with Gasteiger partial charge in [-0.2, -0.15) is 0 Å². The smallest absolute Gasteiger partial charge is 0.410 e. The molecule has 1 saturated heterocycles. The molecule has 5 aromatic carbocycles. The van der Waals surface area contributed by atoms with E-state index in [1.807, 2.05) is 91.0 Å². The maximum atomic E-state index is 15.3. The number of aliphatic hydroxyl groups excluding tert-OH is 2. The van der Waals surface area contributed by atoms with Crippen molar-refractivity contribution in [3.8, 4) is 11.5 Å². The molecule has 1 saturated carbocycles. The summed E-state index contributed by atoms with van der Waals surface area (Å²) in [6, 6.07) is 39.6. The van der Waals surface area contributed by atoms with Crippen LogP contribution in [0, 0.1) is 17.8 Å². The van der Waals surface area contributed by atoms with Gasteiger partial charge in [0.15, 0.2) is 0 Å². The minimum Gasteiger partial charge on any atom is -0.492 e. The molecule has 2 fully saturated rings. The lowest BCUT2D eigenvalue weighted by molar-refractivity contribution is -0.256. The lowest BCUT2D eigenvalue weighted by Crippen LogP contribution is -2.70. The van der Waals surface area contributed by atoms with Gasteiger partial charge < -0.3 is 38.7 Å². The minimum atomic E-state index is -1.48. The Labute approximate surface area is 418 Å². The fraction of sp³-hybridized carbons (Fsp3) is 0.424. The van der Waals surface area contributed by atoms with Crippen molar-refractivity contribution in [3.63, 3.8) is 0 Å². The first-order chi connectivity index (χ1) is 35.0. The average molecular weight is 964 g/mol. The van der Waals surface area contributed by atoms with Crippen LogP contribution in [0.25, 0.3) is 10.8 Å². The number of amides is 1. The van der Waals surface area contributed by atoms with E-state index in [4.69, 9.17) is 33.7 Å². The molecule has 0 aromatic heterocycles. The molecular formula is C59H69N3O9. The SMILES string of the molecule is C=CCOC12Oc3ccc(OCCN4CC4)cc3C3C(CCCCO)C(CCCCO)C=C(C(=NOCc4ccccc4)CC1N(Cc1cccc4ccccc14)C(=O)OCCOCc1ccccc1)C32. The summed E-state index contributed by atoms with van der Waals surface area (Å²) in [5.41, 5.74) is 5.62. The molecule has 2 aliphatic heterocycles. The average Bonchev–Trinajstić information content (AvgIpc) is 4.24. The van der Waals surface area contributed by atoms with Gasteiger partial charge in [-0.3, -0.25) is 9.80 Å². The van der Waals surface area contributed by atoms with Crippen LogP contribution in [0.1, 0.15) is 73.1 Å². The van der Waals surface area contributed by atoms with Gasteiger partial charge in [0, 0.05) is 50.8 Å². The second kappa shape index (κ2) is 24.4. The number of allylic oxidation sites excluding steroid dienone is 1. The standard InChI is InChI=1S/C59H69N3O9/c1-2-33-69-59-55(62(40-47-23-15-22-45-20-9-10-24-49(45)47)58(65)68-36-35-66-41-43-16-5-3-6-17-43)39-53(60-70-42-44-18-7-4-8-19-44)51-37-46(21-11-13-31-63)50(25-12-14-32-64)56(57(51)59)52-38-48(26-27-54(52)71-59)67-34-30-61-28-29-61/h2-10,15-20,22-24,26-27,37-38,46,50,55-57,63-64H,1,11-14,21,25,28-36,39-42H2. The van der Waals surface area contributed by atoms with E-state index in [0.29, 0.717) is 37.5 Å². The predicted molar refractivity (Wildman–Crippen MR) is 275 cm³/mol. The van der Waals surface area contributed by atoms with Crippen molar-refractivity contribution in [2.75, 3.05) is 59.3 Å². The summed E-state index contributed by atoms with van der Waals surface area (Å²) < 4.78 is 33.6. The van der Waals surface area contributed by atoms with Crippen LogP contribution in [0.2, 0.25) is 0 Å². The van der Waals surface area contributed by atoms with E-state index < -0.39 is 23.8 Å². The van der Waals surface area contributed by atoms with E-state index in [2.05, 4.69) is 47.9 Å². The highest BCUT2D eigenvalue weighted by Crippen LogP contribution is 2.62. The summed E-state index contributed by atoms with van der Waals surface area (Å²) in [6.45, 7) is 9.10. The number of hydrogen-bond donors (Lipinski definition) is 2. The number of unbranched alkanes of at least 4 members (excludes halogenated alkanes) is 2. The minimum absolute atomic E-state index is 0.0238. The molecule has 9 rings (SSSR count). The second-order valence-corrected chi connectivity index (χ2v) is 19.1. The Kier molecular flexibility index (Phi) is 17.2. The van der Waals surface area contributed by atoms with Crippen LogP contribution >= 0.6 is 0 Å². The van der Waals surface area contributed by atoms with Gasteiger partial charge >= 0.3 is 6.09 Å². The van der Waals surface area contributed by atoms with Crippen LogP contribution in [0.3, 0.4) is 0 Å². The van der Waals surface area contributed by atoms with E-state index >= 15 is 4.79 Å². The third-order valence-electron chi connectivity index (χ3n) is 14.5. The second-order valence-electron chi connectivity index (χ2n) is 19.1. The van der Waals surface area contributed by atoms with Gasteiger partial charge in [-0.1, -0.05) is 133 Å². The van der Waals surface area contributed by atoms with Crippen molar-refractivity contribution >= 4 is 22.6 Å². The first-order valence-electron chi connectivity index (χ1n) is 25.6. The highest BCUT2D eigenvalue weighted by molar-refractivity contribution is 6.03. The molecule has 374 valence electrons. The van der Waals surface area contributed by atoms with Gasteiger partial charge in [-0.25, -0.2) is 4.79 Å². The number of carbonyl (C=O) groups excluding carboxylic acids is 1. The number of aliphatic hydroxyl groups is 2. The number of fused-ring (bicyclic) bond motifs is 3. The largest absolute Gasteiger partial charge is 0.492 e. The Bertz CT molecular complexity index is 2580. The van der Waals surface area contributed by atoms with E-state index in [9.17, 15) is 10.2 Å². The highest BCUT2D eigenvalue weighted by atomic mass is 16.7. The number of nitrogens with zero attached hydrogens (tertiary/aromatic N) is 3. The Balaban J connectivity index is 1.19. The molecule has 12 nitrogen and oxygen atoms in total. The third-order valence-corrected chi connectivity index (χ3v) is 14.5. The Hall–Kier alpha value is -6.02. The summed E-state index contributed by atoms with van der Waals surface area (Å²) in [6.07, 6.45) is 8.43. The molecule has 6 atom stereocenters. The molecule has 0 spiro atoms. The Morgan fingerprint density at radius 1 is 0.831 bits per heavy atom. The highest BCUT2D eigenvalue weighted by Gasteiger charge is 2.65. The van der Waals surface area contributed by atoms with Gasteiger partial charge in [0.25, 0.3) is 0 Å². The lowest BCUT2D eigenvalue weighted by atomic mass is 9.55. The van der Waals surface area contributed by atoms with Gasteiger partial charge in [-0.15, -0.1) is 6.58 Å². The number of carbonyl (C=O) groups is 1. The quantitative estimate of drug-likeness (QED) is 0.0239. The van der Waals surface area contributed by atoms with Crippen molar-refractivity contribution in [1.29, 1.82) is 0 Å². The fourth-order valence-corrected chi connectivity index (χ4v) is 11.0. The Morgan fingerprint density at radius 2 is 1.56 bits per heavy atom. The third kappa shape index (κ3) is 12.0. The molecular weight excluding hydrogens is 895 g/mol. The molecule has 2 aliphatic carbocycles. The zero-order valence-electron chi connectivity index (χ0n) is 40.8. The number of hydrogen-bond acceptors (Lipinski definition) is 11. The first kappa shape index (κ1) is 49.9. The van der Waals surface area contributed by atoms with Gasteiger partial charge in [0.05, 0.1) is 38.0 Å². The zero-order valence-corrected chi connectivity index (χ0v) is 40.8. The summed E-state index contributed by atoms with van der Waals surface area (Å²) in [4.78, 5) is 25.8. The number of oxime groups is 1. The number of rotatable bonds is 26. The van der Waals surface area contributed by atoms with Gasteiger partial charge in [0.2, 0.25) is 5.79 Å². The molecule has 0 radical (unpaired) electrons. The molecule has 2 N–H and O–H groups in total. The van der Waals surface area contributed by atoms with E-state index in [0.717, 1.165) is 89.7 Å². The van der Waals surface area contributed by atoms with Gasteiger partial charge in [0.1, 0.15) is 37.4 Å². The van der Waals surface area contributed by atoms with Crippen LogP contribution in [0.4, 0.5) is 4.79 Å². The van der Waals surface area contributed by atoms with Crippen LogP contribution in [-0.2, 0) is 38.8 Å². The van der Waals surface area contributed by atoms with Crippen molar-refractivity contribution in [1.82, 2.24) is 9.80 Å². The summed E-state index contributed by atoms with van der Waals surface area (Å²) in [7, 11) is 0. The van der Waals surface area contributed by atoms with Crippen LogP contribution in [-0.4, -0.2) is 103 Å². The molecule has 71 heavy (non-hydrogen) atoms.